The zero-order chi connectivity index (χ0) is 8.85. The summed E-state index contributed by atoms with van der Waals surface area (Å²) in [5.74, 6) is -0.391. The van der Waals surface area contributed by atoms with Crippen LogP contribution >= 0.6 is 0 Å². The van der Waals surface area contributed by atoms with E-state index in [0.29, 0.717) is 18.9 Å². The van der Waals surface area contributed by atoms with Gasteiger partial charge in [0.2, 0.25) is 0 Å². The molecule has 0 aliphatic rings. The van der Waals surface area contributed by atoms with Crippen LogP contribution in [0, 0.1) is 62.2 Å². The van der Waals surface area contributed by atoms with Crippen molar-refractivity contribution in [3.8, 4) is 0 Å². The molecule has 1 atom stereocenters. The van der Waals surface area contributed by atoms with Gasteiger partial charge in [-0.3, -0.25) is 4.79 Å². The summed E-state index contributed by atoms with van der Waals surface area (Å²) in [6, 6.07) is -0.438. The zero-order valence-corrected chi connectivity index (χ0v) is 9.93. The van der Waals surface area contributed by atoms with E-state index in [2.05, 4.69) is 12.2 Å². The molecular formula is C8H16EuNO2-. The number of hydrogen-bond donors (Lipinski definition) is 2. The summed E-state index contributed by atoms with van der Waals surface area (Å²) in [4.78, 5) is 10.5. The molecular weight excluding hydrogens is 294 g/mol. The summed E-state index contributed by atoms with van der Waals surface area (Å²) in [6.07, 6.45) is 0.658. The summed E-state index contributed by atoms with van der Waals surface area (Å²) in [7, 11) is 0. The second kappa shape index (κ2) is 8.61. The van der Waals surface area contributed by atoms with E-state index in [0.717, 1.165) is 0 Å². The van der Waals surface area contributed by atoms with Crippen LogP contribution in [0.4, 0.5) is 0 Å². The van der Waals surface area contributed by atoms with Gasteiger partial charge in [0.1, 0.15) is 6.04 Å². The molecule has 0 saturated carbocycles. The third-order valence-corrected chi connectivity index (χ3v) is 1.40. The molecule has 0 aromatic carbocycles. The van der Waals surface area contributed by atoms with Crippen molar-refractivity contribution >= 4 is 5.97 Å². The van der Waals surface area contributed by atoms with Crippen LogP contribution in [0.1, 0.15) is 20.3 Å². The van der Waals surface area contributed by atoms with Crippen molar-refractivity contribution in [3.05, 3.63) is 6.92 Å². The summed E-state index contributed by atoms with van der Waals surface area (Å²) in [5.41, 5.74) is 0. The van der Waals surface area contributed by atoms with Gasteiger partial charge in [0.05, 0.1) is 0 Å². The molecule has 0 saturated heterocycles. The van der Waals surface area contributed by atoms with Gasteiger partial charge >= 0.3 is 5.97 Å². The van der Waals surface area contributed by atoms with Crippen molar-refractivity contribution in [3.63, 3.8) is 0 Å². The fourth-order valence-electron chi connectivity index (χ4n) is 0.917. The molecule has 0 fully saturated rings. The Balaban J connectivity index is 0. The maximum absolute atomic E-state index is 10.5. The van der Waals surface area contributed by atoms with Gasteiger partial charge in [-0.25, -0.2) is 0 Å². The number of nitrogens with one attached hydrogen (secondary N) is 1. The number of carboxylic acids is 1. The van der Waals surface area contributed by atoms with Crippen LogP contribution in [-0.2, 0) is 4.79 Å². The molecule has 73 valence electrons. The van der Waals surface area contributed by atoms with Crippen molar-refractivity contribution in [2.75, 3.05) is 6.54 Å². The molecule has 0 bridgehead atoms. The van der Waals surface area contributed by atoms with E-state index in [1.165, 1.54) is 0 Å². The van der Waals surface area contributed by atoms with E-state index >= 15 is 0 Å². The average molecular weight is 310 g/mol. The largest absolute Gasteiger partial charge is 0.480 e. The van der Waals surface area contributed by atoms with E-state index in [1.54, 1.807) is 0 Å². The van der Waals surface area contributed by atoms with Crippen LogP contribution in [-0.4, -0.2) is 23.7 Å². The Labute approximate surface area is 115 Å². The Morgan fingerprint density at radius 3 is 2.33 bits per heavy atom. The molecule has 0 amide bonds. The van der Waals surface area contributed by atoms with E-state index in [-0.39, 0.29) is 49.4 Å². The van der Waals surface area contributed by atoms with Crippen molar-refractivity contribution in [1.29, 1.82) is 0 Å². The monoisotopic (exact) mass is 311 g/mol. The zero-order valence-electron chi connectivity index (χ0n) is 7.51. The minimum Gasteiger partial charge on any atom is -0.480 e. The minimum absolute atomic E-state index is 0. The number of carboxylic acid groups (broad SMARTS) is 1. The molecule has 0 rings (SSSR count). The van der Waals surface area contributed by atoms with E-state index in [9.17, 15) is 4.79 Å². The van der Waals surface area contributed by atoms with Crippen molar-refractivity contribution < 1.29 is 59.3 Å². The maximum Gasteiger partial charge on any atom is 0.320 e. The Morgan fingerprint density at radius 1 is 1.58 bits per heavy atom. The van der Waals surface area contributed by atoms with Gasteiger partial charge in [0.15, 0.2) is 0 Å². The van der Waals surface area contributed by atoms with Crippen LogP contribution < -0.4 is 5.32 Å². The molecule has 0 aliphatic heterocycles. The van der Waals surface area contributed by atoms with Gasteiger partial charge < -0.3 is 17.3 Å². The first-order chi connectivity index (χ1) is 5.07. The Morgan fingerprint density at radius 2 is 2.08 bits per heavy atom. The number of aliphatic carboxylic acids is 1. The van der Waals surface area contributed by atoms with Gasteiger partial charge in [-0.1, -0.05) is 13.8 Å². The Hall–Kier alpha value is 1.01. The molecule has 1 unspecified atom stereocenters. The summed E-state index contributed by atoms with van der Waals surface area (Å²) in [6.45, 7) is 8.00. The summed E-state index contributed by atoms with van der Waals surface area (Å²) in [5, 5.41) is 11.5. The molecule has 2 N–H and O–H groups in total. The van der Waals surface area contributed by atoms with Gasteiger partial charge in [-0.05, 0) is 12.3 Å². The topological polar surface area (TPSA) is 49.3 Å². The average Bonchev–Trinajstić information content (AvgIpc) is 1.86. The molecule has 4 heteroatoms. The molecule has 0 aliphatic carbocycles. The van der Waals surface area contributed by atoms with Crippen LogP contribution in [0.2, 0.25) is 0 Å². The van der Waals surface area contributed by atoms with Gasteiger partial charge in [-0.2, -0.15) is 0 Å². The van der Waals surface area contributed by atoms with Gasteiger partial charge in [-0.15, -0.1) is 6.54 Å². The molecule has 0 aromatic rings. The fraction of sp³-hybridized carbons (Fsp3) is 0.750. The second-order valence-electron chi connectivity index (χ2n) is 2.97. The van der Waals surface area contributed by atoms with Gasteiger partial charge in [0.25, 0.3) is 0 Å². The standard InChI is InChI=1S/C8H16NO2.Eu/c1-4-9-7(8(10)11)5-6(2)3;/h6-7,9H,1,4-5H2,2-3H3,(H,10,11);/q-1;. The van der Waals surface area contributed by atoms with Crippen LogP contribution in [0.3, 0.4) is 0 Å². The first-order valence-corrected chi connectivity index (χ1v) is 3.83. The number of carbonyl (C=O) groups is 1. The van der Waals surface area contributed by atoms with Crippen LogP contribution in [0.5, 0.6) is 0 Å². The molecule has 0 spiro atoms. The smallest absolute Gasteiger partial charge is 0.320 e. The molecule has 12 heavy (non-hydrogen) atoms. The predicted molar refractivity (Wildman–Crippen MR) is 44.2 cm³/mol. The quantitative estimate of drug-likeness (QED) is 0.742. The molecule has 3 nitrogen and oxygen atoms in total. The second-order valence-corrected chi connectivity index (χ2v) is 2.97. The predicted octanol–water partition coefficient (Wildman–Crippen LogP) is 0.909. The van der Waals surface area contributed by atoms with Crippen molar-refractivity contribution in [2.24, 2.45) is 5.92 Å². The molecule has 1 radical (unpaired) electrons. The van der Waals surface area contributed by atoms with Gasteiger partial charge in [0, 0.05) is 49.4 Å². The van der Waals surface area contributed by atoms with Crippen LogP contribution in [0.15, 0.2) is 0 Å². The van der Waals surface area contributed by atoms with E-state index < -0.39 is 12.0 Å². The SMILES string of the molecule is [CH2-]CNC(CC(C)C)C(=O)O.[Eu]. The number of rotatable bonds is 5. The summed E-state index contributed by atoms with van der Waals surface area (Å²) >= 11 is 0. The Kier molecular flexibility index (Phi) is 11.1. The molecule has 0 heterocycles. The van der Waals surface area contributed by atoms with E-state index in [1.807, 2.05) is 13.8 Å². The summed E-state index contributed by atoms with van der Waals surface area (Å²) < 4.78 is 0. The Bertz CT molecular complexity index is 128. The number of hydrogen-bond acceptors (Lipinski definition) is 2. The first kappa shape index (κ1) is 15.5. The normalized spacial score (nSPS) is 12.3. The maximum atomic E-state index is 10.5. The third-order valence-electron chi connectivity index (χ3n) is 1.40. The first-order valence-electron chi connectivity index (χ1n) is 3.83. The van der Waals surface area contributed by atoms with E-state index in [4.69, 9.17) is 5.11 Å². The molecule has 0 aromatic heterocycles. The van der Waals surface area contributed by atoms with Crippen molar-refractivity contribution in [1.82, 2.24) is 5.32 Å². The van der Waals surface area contributed by atoms with Crippen LogP contribution in [0.25, 0.3) is 0 Å². The third kappa shape index (κ3) is 7.65. The minimum atomic E-state index is -0.789. The van der Waals surface area contributed by atoms with Crippen molar-refractivity contribution in [2.45, 2.75) is 26.3 Å². The fourth-order valence-corrected chi connectivity index (χ4v) is 0.917.